The molecule has 2 amide bonds. The van der Waals surface area contributed by atoms with E-state index in [1.807, 2.05) is 31.2 Å². The monoisotopic (exact) mass is 585 g/mol. The molecule has 3 rings (SSSR count). The number of anilines is 1. The Bertz CT molecular complexity index is 1450. The van der Waals surface area contributed by atoms with Gasteiger partial charge in [0.15, 0.2) is 11.5 Å². The van der Waals surface area contributed by atoms with Crippen LogP contribution in [-0.4, -0.2) is 58.5 Å². The second-order valence-corrected chi connectivity index (χ2v) is 11.2. The van der Waals surface area contributed by atoms with Crippen molar-refractivity contribution >= 4 is 27.5 Å². The van der Waals surface area contributed by atoms with Gasteiger partial charge in [-0.2, -0.15) is 0 Å². The van der Waals surface area contributed by atoms with Crippen LogP contribution in [0.3, 0.4) is 0 Å². The van der Waals surface area contributed by atoms with Gasteiger partial charge in [-0.1, -0.05) is 36.8 Å². The van der Waals surface area contributed by atoms with Crippen molar-refractivity contribution in [3.63, 3.8) is 0 Å². The van der Waals surface area contributed by atoms with Gasteiger partial charge in [-0.3, -0.25) is 13.9 Å². The zero-order chi connectivity index (χ0) is 30.2. The minimum atomic E-state index is -4.37. The van der Waals surface area contributed by atoms with Crippen LogP contribution in [0.25, 0.3) is 0 Å². The van der Waals surface area contributed by atoms with Crippen LogP contribution in [-0.2, 0) is 26.2 Å². The Kier molecular flexibility index (Phi) is 10.7. The molecule has 0 aliphatic carbocycles. The van der Waals surface area contributed by atoms with Crippen molar-refractivity contribution in [1.29, 1.82) is 0 Å². The number of methoxy groups -OCH3 is 2. The Morgan fingerprint density at radius 3 is 2.12 bits per heavy atom. The summed E-state index contributed by atoms with van der Waals surface area (Å²) < 4.78 is 53.2. The molecule has 0 radical (unpaired) electrons. The number of carbonyl (C=O) groups excluding carboxylic acids is 2. The largest absolute Gasteiger partial charge is 0.493 e. The van der Waals surface area contributed by atoms with Crippen LogP contribution < -0.4 is 19.1 Å². The summed E-state index contributed by atoms with van der Waals surface area (Å²) in [6.07, 6.45) is 0.308. The van der Waals surface area contributed by atoms with Crippen LogP contribution in [0, 0.1) is 12.7 Å². The van der Waals surface area contributed by atoms with Crippen molar-refractivity contribution in [2.75, 3.05) is 31.6 Å². The van der Waals surface area contributed by atoms with E-state index in [1.54, 1.807) is 13.8 Å². The number of hydrogen-bond acceptors (Lipinski definition) is 6. The predicted octanol–water partition coefficient (Wildman–Crippen LogP) is 4.29. The van der Waals surface area contributed by atoms with Gasteiger partial charge in [-0.25, -0.2) is 12.8 Å². The van der Waals surface area contributed by atoms with Gasteiger partial charge in [0.2, 0.25) is 11.8 Å². The number of likely N-dealkylation sites (N-methyl/N-ethyl adjacent to an activating group) is 1. The Morgan fingerprint density at radius 2 is 1.56 bits per heavy atom. The quantitative estimate of drug-likeness (QED) is 0.321. The molecule has 0 aliphatic rings. The molecule has 1 atom stereocenters. The molecule has 0 aromatic heterocycles. The molecule has 220 valence electrons. The zero-order valence-corrected chi connectivity index (χ0v) is 24.7. The lowest BCUT2D eigenvalue weighted by Gasteiger charge is -2.33. The Labute approximate surface area is 240 Å². The van der Waals surface area contributed by atoms with Crippen molar-refractivity contribution in [3.05, 3.63) is 83.7 Å². The van der Waals surface area contributed by atoms with Gasteiger partial charge >= 0.3 is 0 Å². The average molecular weight is 586 g/mol. The van der Waals surface area contributed by atoms with Crippen LogP contribution in [0.4, 0.5) is 10.1 Å². The summed E-state index contributed by atoms with van der Waals surface area (Å²) >= 11 is 0. The molecule has 0 fully saturated rings. The van der Waals surface area contributed by atoms with Gasteiger partial charge < -0.3 is 19.7 Å². The third-order valence-corrected chi connectivity index (χ3v) is 8.32. The molecule has 1 N–H and O–H groups in total. The van der Waals surface area contributed by atoms with Crippen molar-refractivity contribution in [2.24, 2.45) is 0 Å². The van der Waals surface area contributed by atoms with Crippen LogP contribution in [0.15, 0.2) is 71.6 Å². The molecule has 11 heteroatoms. The molecule has 9 nitrogen and oxygen atoms in total. The van der Waals surface area contributed by atoms with E-state index < -0.39 is 34.3 Å². The number of ether oxygens (including phenoxy) is 2. The van der Waals surface area contributed by atoms with Crippen molar-refractivity contribution in [3.8, 4) is 11.5 Å². The normalized spacial score (nSPS) is 11.9. The molecule has 0 saturated carbocycles. The molecular formula is C30H36FN3O6S. The highest BCUT2D eigenvalue weighted by Gasteiger charge is 2.34. The number of sulfonamides is 1. The Morgan fingerprint density at radius 1 is 0.927 bits per heavy atom. The number of aryl methyl sites for hydroxylation is 1. The van der Waals surface area contributed by atoms with Crippen molar-refractivity contribution < 1.29 is 31.9 Å². The molecule has 3 aromatic rings. The third kappa shape index (κ3) is 7.55. The average Bonchev–Trinajstić information content (AvgIpc) is 2.96. The van der Waals surface area contributed by atoms with E-state index >= 15 is 0 Å². The molecule has 0 saturated heterocycles. The van der Waals surface area contributed by atoms with E-state index in [9.17, 15) is 22.4 Å². The number of nitrogens with one attached hydrogen (secondary N) is 1. The maximum Gasteiger partial charge on any atom is 0.264 e. The number of carbonyl (C=O) groups is 2. The molecule has 0 aliphatic heterocycles. The first kappa shape index (κ1) is 31.4. The van der Waals surface area contributed by atoms with Gasteiger partial charge in [-0.05, 0) is 62.2 Å². The molecule has 0 bridgehead atoms. The third-order valence-electron chi connectivity index (χ3n) is 6.55. The first-order chi connectivity index (χ1) is 19.5. The zero-order valence-electron chi connectivity index (χ0n) is 23.9. The number of benzene rings is 3. The summed E-state index contributed by atoms with van der Waals surface area (Å²) in [6.45, 7) is 5.33. The fourth-order valence-corrected chi connectivity index (χ4v) is 5.77. The summed E-state index contributed by atoms with van der Waals surface area (Å²) in [4.78, 5) is 28.2. The molecule has 0 heterocycles. The summed E-state index contributed by atoms with van der Waals surface area (Å²) in [6, 6.07) is 15.6. The van der Waals surface area contributed by atoms with Gasteiger partial charge in [0, 0.05) is 19.2 Å². The van der Waals surface area contributed by atoms with Crippen LogP contribution in [0.1, 0.15) is 31.4 Å². The van der Waals surface area contributed by atoms with E-state index in [0.717, 1.165) is 27.6 Å². The van der Waals surface area contributed by atoms with Crippen molar-refractivity contribution in [2.45, 2.75) is 44.7 Å². The van der Waals surface area contributed by atoms with Gasteiger partial charge in [0.1, 0.15) is 18.4 Å². The number of nitrogens with zero attached hydrogens (tertiary/aromatic N) is 2. The maximum atomic E-state index is 14.0. The minimum Gasteiger partial charge on any atom is -0.493 e. The molecule has 41 heavy (non-hydrogen) atoms. The van der Waals surface area contributed by atoms with Crippen molar-refractivity contribution in [1.82, 2.24) is 10.2 Å². The van der Waals surface area contributed by atoms with E-state index in [0.29, 0.717) is 18.7 Å². The number of amides is 2. The number of hydrogen-bond donors (Lipinski definition) is 1. The maximum absolute atomic E-state index is 14.0. The highest BCUT2D eigenvalue weighted by atomic mass is 32.2. The van der Waals surface area contributed by atoms with Gasteiger partial charge in [0.05, 0.1) is 24.8 Å². The summed E-state index contributed by atoms with van der Waals surface area (Å²) in [5, 5.41) is 2.77. The predicted molar refractivity (Wildman–Crippen MR) is 155 cm³/mol. The molecular weight excluding hydrogens is 549 g/mol. The smallest absolute Gasteiger partial charge is 0.264 e. The first-order valence-corrected chi connectivity index (χ1v) is 14.6. The summed E-state index contributed by atoms with van der Waals surface area (Å²) in [7, 11) is -1.56. The molecule has 3 aromatic carbocycles. The van der Waals surface area contributed by atoms with Crippen LogP contribution in [0.5, 0.6) is 11.5 Å². The number of halogens is 1. The van der Waals surface area contributed by atoms with E-state index in [2.05, 4.69) is 5.32 Å². The van der Waals surface area contributed by atoms with Crippen LogP contribution >= 0.6 is 0 Å². The second kappa shape index (κ2) is 14.0. The second-order valence-electron chi connectivity index (χ2n) is 9.33. The molecule has 0 unspecified atom stereocenters. The summed E-state index contributed by atoms with van der Waals surface area (Å²) in [5.74, 6) is -0.995. The standard InChI is InChI=1S/C30H36FN3O6S/c1-6-26(30(36)32-7-2)33(19-22-10-8-21(3)9-11-22)29(35)20-34(24-14-12-23(31)13-15-24)41(37,38)25-16-17-27(39-4)28(18-25)40-5/h8-18,26H,6-7,19-20H2,1-5H3,(H,32,36)/t26-/m0/s1. The fraction of sp³-hybridized carbons (Fsp3) is 0.333. The first-order valence-electron chi connectivity index (χ1n) is 13.2. The topological polar surface area (TPSA) is 105 Å². The summed E-state index contributed by atoms with van der Waals surface area (Å²) in [5.41, 5.74) is 1.89. The Hall–Kier alpha value is -4.12. The van der Waals surface area contributed by atoms with Gasteiger partial charge in [0.25, 0.3) is 10.0 Å². The SMILES string of the molecule is CCNC(=O)[C@H](CC)N(Cc1ccc(C)cc1)C(=O)CN(c1ccc(F)cc1)S(=O)(=O)c1ccc(OC)c(OC)c1. The lowest BCUT2D eigenvalue weighted by atomic mass is 10.1. The fourth-order valence-electron chi connectivity index (χ4n) is 4.34. The van der Waals surface area contributed by atoms with E-state index in [-0.39, 0.29) is 28.8 Å². The van der Waals surface area contributed by atoms with E-state index in [4.69, 9.17) is 9.47 Å². The van der Waals surface area contributed by atoms with E-state index in [1.165, 1.54) is 49.5 Å². The van der Waals surface area contributed by atoms with Gasteiger partial charge in [-0.15, -0.1) is 0 Å². The highest BCUT2D eigenvalue weighted by Crippen LogP contribution is 2.32. The lowest BCUT2D eigenvalue weighted by molar-refractivity contribution is -0.140. The Balaban J connectivity index is 2.09. The molecule has 0 spiro atoms. The highest BCUT2D eigenvalue weighted by molar-refractivity contribution is 7.92. The minimum absolute atomic E-state index is 0.0795. The van der Waals surface area contributed by atoms with Crippen LogP contribution in [0.2, 0.25) is 0 Å². The lowest BCUT2D eigenvalue weighted by Crippen LogP contribution is -2.52. The number of rotatable bonds is 13.